The number of nitrogens with zero attached hydrogens (tertiary/aromatic N) is 2. The van der Waals surface area contributed by atoms with Crippen molar-refractivity contribution < 1.29 is 18.5 Å². The number of hydrogen-bond donors (Lipinski definition) is 1. The number of benzene rings is 2. The Bertz CT molecular complexity index is 1010. The fourth-order valence-corrected chi connectivity index (χ4v) is 2.84. The van der Waals surface area contributed by atoms with Gasteiger partial charge in [0.1, 0.15) is 5.82 Å². The second-order valence-corrected chi connectivity index (χ2v) is 6.53. The van der Waals surface area contributed by atoms with E-state index in [1.165, 1.54) is 30.1 Å². The molecule has 0 radical (unpaired) electrons. The minimum absolute atomic E-state index is 0.000579. The maximum atomic E-state index is 13.9. The third kappa shape index (κ3) is 4.09. The Balaban J connectivity index is 1.68. The molecule has 1 aromatic heterocycles. The highest BCUT2D eigenvalue weighted by molar-refractivity contribution is 5.99. The van der Waals surface area contributed by atoms with Crippen molar-refractivity contribution in [1.29, 1.82) is 0 Å². The molecule has 0 fully saturated rings. The predicted octanol–water partition coefficient (Wildman–Crippen LogP) is 3.81. The van der Waals surface area contributed by atoms with Crippen molar-refractivity contribution in [3.63, 3.8) is 0 Å². The number of likely N-dealkylation sites (N-methyl/N-ethyl adjacent to an activating group) is 1. The maximum Gasteiger partial charge on any atom is 0.276 e. The average molecular weight is 381 g/mol. The molecule has 2 amide bonds. The Morgan fingerprint density at radius 3 is 2.46 bits per heavy atom. The Morgan fingerprint density at radius 2 is 1.79 bits per heavy atom. The lowest BCUT2D eigenvalue weighted by molar-refractivity contribution is -0.116. The number of hydrogen-bond acceptors (Lipinski definition) is 4. The number of carbonyl (C=O) groups is 2. The quantitative estimate of drug-likeness (QED) is 0.729. The number of para-hydroxylation sites is 1. The number of rotatable bonds is 5. The summed E-state index contributed by atoms with van der Waals surface area (Å²) in [4.78, 5) is 26.1. The van der Waals surface area contributed by atoms with E-state index in [1.807, 2.05) is 32.0 Å². The van der Waals surface area contributed by atoms with Crippen LogP contribution in [0.2, 0.25) is 0 Å². The van der Waals surface area contributed by atoms with Crippen LogP contribution in [0.4, 0.5) is 10.1 Å². The first-order valence-corrected chi connectivity index (χ1v) is 8.70. The van der Waals surface area contributed by atoms with Gasteiger partial charge in [-0.2, -0.15) is 0 Å². The van der Waals surface area contributed by atoms with Gasteiger partial charge in [-0.25, -0.2) is 4.39 Å². The van der Waals surface area contributed by atoms with E-state index < -0.39 is 11.7 Å². The van der Waals surface area contributed by atoms with E-state index in [0.29, 0.717) is 0 Å². The van der Waals surface area contributed by atoms with Crippen molar-refractivity contribution >= 4 is 17.5 Å². The number of halogens is 1. The van der Waals surface area contributed by atoms with Crippen molar-refractivity contribution in [1.82, 2.24) is 10.1 Å². The summed E-state index contributed by atoms with van der Waals surface area (Å²) in [6.45, 7) is 3.64. The fourth-order valence-electron chi connectivity index (χ4n) is 2.84. The zero-order chi connectivity index (χ0) is 20.3. The van der Waals surface area contributed by atoms with Crippen LogP contribution >= 0.6 is 0 Å². The molecule has 0 saturated heterocycles. The summed E-state index contributed by atoms with van der Waals surface area (Å²) in [7, 11) is 1.49. The number of carbonyl (C=O) groups excluding carboxylic acids is 2. The molecule has 0 aliphatic carbocycles. The zero-order valence-electron chi connectivity index (χ0n) is 15.8. The lowest BCUT2D eigenvalue weighted by Crippen LogP contribution is -2.35. The standard InChI is InChI=1S/C21H20FN3O3/c1-13-7-6-8-14(2)20(13)23-19(26)12-25(3)21(27)17-11-18(28-24-17)15-9-4-5-10-16(15)22/h4-11H,12H2,1-3H3,(H,23,26). The zero-order valence-corrected chi connectivity index (χ0v) is 15.8. The van der Waals surface area contributed by atoms with Gasteiger partial charge in [0.05, 0.1) is 12.1 Å². The lowest BCUT2D eigenvalue weighted by Gasteiger charge is -2.17. The van der Waals surface area contributed by atoms with Crippen LogP contribution < -0.4 is 5.32 Å². The Morgan fingerprint density at radius 1 is 1.11 bits per heavy atom. The van der Waals surface area contributed by atoms with Crippen molar-refractivity contribution in [3.8, 4) is 11.3 Å². The molecule has 0 bridgehead atoms. The molecular formula is C21H20FN3O3. The van der Waals surface area contributed by atoms with E-state index >= 15 is 0 Å². The summed E-state index contributed by atoms with van der Waals surface area (Å²) in [5.74, 6) is -1.15. The smallest absolute Gasteiger partial charge is 0.276 e. The van der Waals surface area contributed by atoms with E-state index in [1.54, 1.807) is 12.1 Å². The number of nitrogens with one attached hydrogen (secondary N) is 1. The van der Waals surface area contributed by atoms with Crippen LogP contribution in [0.5, 0.6) is 0 Å². The monoisotopic (exact) mass is 381 g/mol. The number of aryl methyl sites for hydroxylation is 2. The first-order chi connectivity index (χ1) is 13.4. The molecular weight excluding hydrogens is 361 g/mol. The van der Waals surface area contributed by atoms with Gasteiger partial charge in [0.2, 0.25) is 5.91 Å². The van der Waals surface area contributed by atoms with E-state index in [2.05, 4.69) is 10.5 Å². The van der Waals surface area contributed by atoms with Crippen LogP contribution in [0.3, 0.4) is 0 Å². The summed E-state index contributed by atoms with van der Waals surface area (Å²) < 4.78 is 18.9. The third-order valence-electron chi connectivity index (χ3n) is 4.34. The van der Waals surface area contributed by atoms with E-state index in [9.17, 15) is 14.0 Å². The van der Waals surface area contributed by atoms with Crippen molar-refractivity contribution in [3.05, 3.63) is 71.2 Å². The summed E-state index contributed by atoms with van der Waals surface area (Å²) in [5, 5.41) is 6.54. The SMILES string of the molecule is Cc1cccc(C)c1NC(=O)CN(C)C(=O)c1cc(-c2ccccc2F)on1. The molecule has 0 spiro atoms. The van der Waals surface area contributed by atoms with Crippen LogP contribution in [-0.2, 0) is 4.79 Å². The minimum Gasteiger partial charge on any atom is -0.355 e. The highest BCUT2D eigenvalue weighted by Crippen LogP contribution is 2.23. The summed E-state index contributed by atoms with van der Waals surface area (Å²) >= 11 is 0. The number of anilines is 1. The van der Waals surface area contributed by atoms with Gasteiger partial charge in [-0.3, -0.25) is 9.59 Å². The van der Waals surface area contributed by atoms with Gasteiger partial charge in [0.15, 0.2) is 11.5 Å². The summed E-state index contributed by atoms with van der Waals surface area (Å²) in [6, 6.07) is 13.1. The van der Waals surface area contributed by atoms with Crippen molar-refractivity contribution in [2.75, 3.05) is 18.9 Å². The first-order valence-electron chi connectivity index (χ1n) is 8.70. The van der Waals surface area contributed by atoms with Gasteiger partial charge in [0.25, 0.3) is 5.91 Å². The van der Waals surface area contributed by atoms with Gasteiger partial charge in [-0.15, -0.1) is 0 Å². The van der Waals surface area contributed by atoms with Gasteiger partial charge in [-0.1, -0.05) is 35.5 Å². The molecule has 28 heavy (non-hydrogen) atoms. The van der Waals surface area contributed by atoms with Crippen molar-refractivity contribution in [2.45, 2.75) is 13.8 Å². The molecule has 1 heterocycles. The van der Waals surface area contributed by atoms with Gasteiger partial charge >= 0.3 is 0 Å². The molecule has 0 aliphatic rings. The van der Waals surface area contributed by atoms with E-state index in [-0.39, 0.29) is 29.5 Å². The number of aromatic nitrogens is 1. The van der Waals surface area contributed by atoms with Crippen molar-refractivity contribution in [2.24, 2.45) is 0 Å². The summed E-state index contributed by atoms with van der Waals surface area (Å²) in [6.07, 6.45) is 0. The second-order valence-electron chi connectivity index (χ2n) is 6.53. The summed E-state index contributed by atoms with van der Waals surface area (Å²) in [5.41, 5.74) is 2.82. The maximum absolute atomic E-state index is 13.9. The topological polar surface area (TPSA) is 75.4 Å². The third-order valence-corrected chi connectivity index (χ3v) is 4.34. The lowest BCUT2D eigenvalue weighted by atomic mass is 10.1. The van der Waals surface area contributed by atoms with Gasteiger partial charge in [0, 0.05) is 18.8 Å². The molecule has 144 valence electrons. The van der Waals surface area contributed by atoms with Gasteiger partial charge in [-0.05, 0) is 37.1 Å². The largest absolute Gasteiger partial charge is 0.355 e. The Labute approximate surface area is 161 Å². The minimum atomic E-state index is -0.497. The second kappa shape index (κ2) is 8.04. The van der Waals surface area contributed by atoms with Gasteiger partial charge < -0.3 is 14.7 Å². The van der Waals surface area contributed by atoms with Crippen LogP contribution in [0.25, 0.3) is 11.3 Å². The molecule has 6 nitrogen and oxygen atoms in total. The molecule has 3 rings (SSSR count). The average Bonchev–Trinajstić information content (AvgIpc) is 3.14. The number of amides is 2. The highest BCUT2D eigenvalue weighted by Gasteiger charge is 2.21. The van der Waals surface area contributed by atoms with Crippen LogP contribution in [-0.4, -0.2) is 35.5 Å². The molecule has 0 unspecified atom stereocenters. The fraction of sp³-hybridized carbons (Fsp3) is 0.190. The van der Waals surface area contributed by atoms with E-state index in [0.717, 1.165) is 16.8 Å². The molecule has 1 N–H and O–H groups in total. The molecule has 0 atom stereocenters. The van der Waals surface area contributed by atoms with Crippen LogP contribution in [0.1, 0.15) is 21.6 Å². The first kappa shape index (κ1) is 19.3. The molecule has 0 aliphatic heterocycles. The normalized spacial score (nSPS) is 10.6. The predicted molar refractivity (Wildman–Crippen MR) is 103 cm³/mol. The highest BCUT2D eigenvalue weighted by atomic mass is 19.1. The van der Waals surface area contributed by atoms with Crippen LogP contribution in [0.15, 0.2) is 53.1 Å². The van der Waals surface area contributed by atoms with Crippen LogP contribution in [0, 0.1) is 19.7 Å². The Kier molecular flexibility index (Phi) is 5.54. The van der Waals surface area contributed by atoms with E-state index in [4.69, 9.17) is 4.52 Å². The molecule has 3 aromatic rings. The molecule has 7 heteroatoms. The molecule has 0 saturated carbocycles. The molecule has 2 aromatic carbocycles. The Hall–Kier alpha value is -3.48.